The zero-order valence-corrected chi connectivity index (χ0v) is 20.8. The molecule has 0 saturated heterocycles. The SMILES string of the molecule is COc1cc(OC)cc([C@@H](NC(=O)CCNS(=O)(=O)c2ccc(C)c(C)c2)c2nccn2C)c1. The fourth-order valence-electron chi connectivity index (χ4n) is 3.44. The Morgan fingerprint density at radius 1 is 1.06 bits per heavy atom. The summed E-state index contributed by atoms with van der Waals surface area (Å²) in [6.45, 7) is 3.72. The minimum absolute atomic E-state index is 0.0458. The number of aromatic nitrogens is 2. The van der Waals surface area contributed by atoms with Crippen molar-refractivity contribution in [3.8, 4) is 11.5 Å². The highest BCUT2D eigenvalue weighted by Crippen LogP contribution is 2.29. The lowest BCUT2D eigenvalue weighted by Crippen LogP contribution is -2.34. The van der Waals surface area contributed by atoms with Gasteiger partial charge in [-0.25, -0.2) is 18.1 Å². The van der Waals surface area contributed by atoms with Crippen molar-refractivity contribution in [3.63, 3.8) is 0 Å². The fraction of sp³-hybridized carbons (Fsp3) is 0.333. The van der Waals surface area contributed by atoms with Crippen LogP contribution in [0.5, 0.6) is 11.5 Å². The molecule has 0 saturated carbocycles. The molecule has 0 unspecified atom stereocenters. The summed E-state index contributed by atoms with van der Waals surface area (Å²) in [4.78, 5) is 17.4. The van der Waals surface area contributed by atoms with E-state index in [1.807, 2.05) is 20.9 Å². The molecule has 9 nitrogen and oxygen atoms in total. The molecule has 1 amide bonds. The molecule has 0 aliphatic carbocycles. The van der Waals surface area contributed by atoms with Crippen LogP contribution in [-0.2, 0) is 21.9 Å². The Hall–Kier alpha value is -3.37. The molecule has 0 fully saturated rings. The van der Waals surface area contributed by atoms with Gasteiger partial charge in [-0.15, -0.1) is 0 Å². The number of hydrogen-bond acceptors (Lipinski definition) is 6. The van der Waals surface area contributed by atoms with Crippen LogP contribution < -0.4 is 19.5 Å². The topological polar surface area (TPSA) is 112 Å². The average molecular weight is 487 g/mol. The summed E-state index contributed by atoms with van der Waals surface area (Å²) in [5, 5.41) is 2.95. The molecule has 34 heavy (non-hydrogen) atoms. The van der Waals surface area contributed by atoms with E-state index in [4.69, 9.17) is 9.47 Å². The van der Waals surface area contributed by atoms with E-state index in [0.717, 1.165) is 16.7 Å². The van der Waals surface area contributed by atoms with Crippen LogP contribution in [0.1, 0.15) is 35.0 Å². The summed E-state index contributed by atoms with van der Waals surface area (Å²) >= 11 is 0. The minimum atomic E-state index is -3.72. The zero-order chi connectivity index (χ0) is 24.9. The van der Waals surface area contributed by atoms with Crippen molar-refractivity contribution in [1.29, 1.82) is 0 Å². The number of rotatable bonds is 10. The van der Waals surface area contributed by atoms with Gasteiger partial charge in [-0.3, -0.25) is 4.79 Å². The highest BCUT2D eigenvalue weighted by atomic mass is 32.2. The number of carbonyl (C=O) groups excluding carboxylic acids is 1. The lowest BCUT2D eigenvalue weighted by Gasteiger charge is -2.20. The van der Waals surface area contributed by atoms with Crippen molar-refractivity contribution in [2.45, 2.75) is 31.2 Å². The van der Waals surface area contributed by atoms with Crippen LogP contribution in [-0.4, -0.2) is 44.6 Å². The molecule has 1 aromatic heterocycles. The Bertz CT molecular complexity index is 1250. The third-order valence-corrected chi connectivity index (χ3v) is 7.02. The van der Waals surface area contributed by atoms with Crippen molar-refractivity contribution < 1.29 is 22.7 Å². The number of aryl methyl sites for hydroxylation is 3. The summed E-state index contributed by atoms with van der Waals surface area (Å²) in [5.74, 6) is 1.42. The van der Waals surface area contributed by atoms with Crippen LogP contribution in [0.4, 0.5) is 0 Å². The number of benzene rings is 2. The van der Waals surface area contributed by atoms with Crippen LogP contribution in [0.15, 0.2) is 53.7 Å². The van der Waals surface area contributed by atoms with Gasteiger partial charge in [0, 0.05) is 38.5 Å². The lowest BCUT2D eigenvalue weighted by molar-refractivity contribution is -0.121. The van der Waals surface area contributed by atoms with Gasteiger partial charge >= 0.3 is 0 Å². The Morgan fingerprint density at radius 3 is 2.29 bits per heavy atom. The minimum Gasteiger partial charge on any atom is -0.497 e. The quantitative estimate of drug-likeness (QED) is 0.456. The normalized spacial score (nSPS) is 12.3. The van der Waals surface area contributed by atoms with E-state index >= 15 is 0 Å². The van der Waals surface area contributed by atoms with E-state index in [2.05, 4.69) is 15.0 Å². The number of ether oxygens (including phenoxy) is 2. The van der Waals surface area contributed by atoms with Gasteiger partial charge < -0.3 is 19.4 Å². The number of imidazole rings is 1. The van der Waals surface area contributed by atoms with Crippen LogP contribution >= 0.6 is 0 Å². The van der Waals surface area contributed by atoms with Gasteiger partial charge in [-0.05, 0) is 54.8 Å². The number of methoxy groups -OCH3 is 2. The predicted molar refractivity (Wildman–Crippen MR) is 128 cm³/mol. The molecule has 10 heteroatoms. The Balaban J connectivity index is 1.74. The number of carbonyl (C=O) groups is 1. The molecule has 0 aliphatic heterocycles. The third-order valence-electron chi connectivity index (χ3n) is 5.56. The number of amides is 1. The van der Waals surface area contributed by atoms with Gasteiger partial charge in [0.25, 0.3) is 0 Å². The van der Waals surface area contributed by atoms with E-state index in [1.165, 1.54) is 0 Å². The predicted octanol–water partition coefficient (Wildman–Crippen LogP) is 2.63. The number of nitrogens with one attached hydrogen (secondary N) is 2. The molecule has 3 aromatic rings. The molecule has 182 valence electrons. The molecule has 2 aromatic carbocycles. The van der Waals surface area contributed by atoms with Gasteiger partial charge in [-0.2, -0.15) is 0 Å². The van der Waals surface area contributed by atoms with Crippen LogP contribution in [0.2, 0.25) is 0 Å². The second-order valence-electron chi connectivity index (χ2n) is 7.94. The fourth-order valence-corrected chi connectivity index (χ4v) is 4.56. The highest BCUT2D eigenvalue weighted by Gasteiger charge is 2.23. The third kappa shape index (κ3) is 5.95. The Labute approximate surface area is 200 Å². The number of hydrogen-bond donors (Lipinski definition) is 2. The first-order valence-electron chi connectivity index (χ1n) is 10.7. The maximum absolute atomic E-state index is 12.8. The first-order chi connectivity index (χ1) is 16.1. The van der Waals surface area contributed by atoms with E-state index < -0.39 is 16.1 Å². The second-order valence-corrected chi connectivity index (χ2v) is 9.70. The second kappa shape index (κ2) is 10.7. The van der Waals surface area contributed by atoms with E-state index in [0.29, 0.717) is 17.3 Å². The Morgan fingerprint density at radius 2 is 1.74 bits per heavy atom. The molecule has 1 heterocycles. The molecular weight excluding hydrogens is 456 g/mol. The summed E-state index contributed by atoms with van der Waals surface area (Å²) in [6.07, 6.45) is 3.37. The van der Waals surface area contributed by atoms with Crippen molar-refractivity contribution >= 4 is 15.9 Å². The van der Waals surface area contributed by atoms with E-state index in [1.54, 1.807) is 67.6 Å². The largest absolute Gasteiger partial charge is 0.497 e. The van der Waals surface area contributed by atoms with Gasteiger partial charge in [0.15, 0.2) is 0 Å². The molecule has 1 atom stereocenters. The first-order valence-corrected chi connectivity index (χ1v) is 12.2. The maximum Gasteiger partial charge on any atom is 0.240 e. The van der Waals surface area contributed by atoms with Crippen molar-refractivity contribution in [2.75, 3.05) is 20.8 Å². The van der Waals surface area contributed by atoms with Gasteiger partial charge in [0.2, 0.25) is 15.9 Å². The van der Waals surface area contributed by atoms with Gasteiger partial charge in [0.05, 0.1) is 19.1 Å². The summed E-state index contributed by atoms with van der Waals surface area (Å²) < 4.78 is 40.2. The average Bonchev–Trinajstić information content (AvgIpc) is 3.24. The van der Waals surface area contributed by atoms with Gasteiger partial charge in [-0.1, -0.05) is 6.07 Å². The van der Waals surface area contributed by atoms with Crippen molar-refractivity contribution in [3.05, 3.63) is 71.3 Å². The van der Waals surface area contributed by atoms with Crippen LogP contribution in [0.25, 0.3) is 0 Å². The molecule has 0 radical (unpaired) electrons. The highest BCUT2D eigenvalue weighted by molar-refractivity contribution is 7.89. The molecular formula is C24H30N4O5S. The van der Waals surface area contributed by atoms with E-state index in [-0.39, 0.29) is 23.8 Å². The zero-order valence-electron chi connectivity index (χ0n) is 20.0. The molecule has 3 rings (SSSR count). The maximum atomic E-state index is 12.8. The molecule has 0 spiro atoms. The summed E-state index contributed by atoms with van der Waals surface area (Å²) in [7, 11) is 1.21. The van der Waals surface area contributed by atoms with Gasteiger partial charge in [0.1, 0.15) is 23.4 Å². The first kappa shape index (κ1) is 25.3. The molecule has 2 N–H and O–H groups in total. The monoisotopic (exact) mass is 486 g/mol. The standard InChI is InChI=1S/C24H30N4O5S/c1-16-6-7-21(12-17(16)2)34(30,31)26-9-8-22(29)27-23(24-25-10-11-28(24)3)18-13-19(32-4)15-20(14-18)33-5/h6-7,10-15,23,26H,8-9H2,1-5H3,(H,27,29)/t23-/m1/s1. The van der Waals surface area contributed by atoms with Crippen molar-refractivity contribution in [1.82, 2.24) is 19.6 Å². The summed E-state index contributed by atoms with van der Waals surface area (Å²) in [5.41, 5.74) is 2.61. The molecule has 0 aliphatic rings. The number of sulfonamides is 1. The Kier molecular flexibility index (Phi) is 7.95. The van der Waals surface area contributed by atoms with Crippen molar-refractivity contribution in [2.24, 2.45) is 7.05 Å². The smallest absolute Gasteiger partial charge is 0.240 e. The van der Waals surface area contributed by atoms with E-state index in [9.17, 15) is 13.2 Å². The summed E-state index contributed by atoms with van der Waals surface area (Å²) in [6, 6.07) is 9.67. The van der Waals surface area contributed by atoms with Crippen LogP contribution in [0.3, 0.4) is 0 Å². The number of nitrogens with zero attached hydrogens (tertiary/aromatic N) is 2. The molecule has 0 bridgehead atoms. The van der Waals surface area contributed by atoms with Crippen LogP contribution in [0, 0.1) is 13.8 Å². The lowest BCUT2D eigenvalue weighted by atomic mass is 10.0.